The first-order valence-corrected chi connectivity index (χ1v) is 4.16. The van der Waals surface area contributed by atoms with Gasteiger partial charge >= 0.3 is 5.56 Å². The van der Waals surface area contributed by atoms with Gasteiger partial charge in [0.2, 0.25) is 6.33 Å². The van der Waals surface area contributed by atoms with Gasteiger partial charge in [0, 0.05) is 0 Å². The molecule has 0 spiro atoms. The normalized spacial score (nSPS) is 10.6. The Morgan fingerprint density at radius 1 is 1.38 bits per heavy atom. The number of hydrogen-bond donors (Lipinski definition) is 0. The molecule has 2 rings (SSSR count). The standard InChI is InChI=1S/C10H10N2O/c1-7-3-4-9-8(5-7)10(13)12(2)6-11-9/h3-6H,1-2H3/p+1. The maximum absolute atomic E-state index is 11.6. The van der Waals surface area contributed by atoms with E-state index >= 15 is 0 Å². The van der Waals surface area contributed by atoms with Crippen molar-refractivity contribution in [3.05, 3.63) is 40.4 Å². The molecule has 0 bridgehead atoms. The van der Waals surface area contributed by atoms with Gasteiger partial charge in [-0.15, -0.1) is 0 Å². The second-order valence-electron chi connectivity index (χ2n) is 3.24. The van der Waals surface area contributed by atoms with Crippen molar-refractivity contribution in [2.75, 3.05) is 0 Å². The highest BCUT2D eigenvalue weighted by molar-refractivity contribution is 5.74. The van der Waals surface area contributed by atoms with Crippen LogP contribution in [0.3, 0.4) is 0 Å². The third kappa shape index (κ3) is 1.22. The topological polar surface area (TPSA) is 36.1 Å². The molecule has 0 aliphatic rings. The highest BCUT2D eigenvalue weighted by Gasteiger charge is 2.05. The lowest BCUT2D eigenvalue weighted by molar-refractivity contribution is -0.352. The summed E-state index contributed by atoms with van der Waals surface area (Å²) in [5.74, 6) is 0. The van der Waals surface area contributed by atoms with Gasteiger partial charge in [-0.1, -0.05) is 6.07 Å². The van der Waals surface area contributed by atoms with Crippen LogP contribution in [0.2, 0.25) is 0 Å². The van der Waals surface area contributed by atoms with E-state index in [4.69, 9.17) is 0 Å². The zero-order chi connectivity index (χ0) is 9.42. The molecule has 0 atom stereocenters. The van der Waals surface area contributed by atoms with Crippen molar-refractivity contribution in [2.24, 2.45) is 7.05 Å². The maximum Gasteiger partial charge on any atom is 0.344 e. The molecule has 0 radical (unpaired) electrons. The quantitative estimate of drug-likeness (QED) is 0.579. The number of aryl methyl sites for hydroxylation is 2. The van der Waals surface area contributed by atoms with Gasteiger partial charge in [0.25, 0.3) is 0 Å². The SMILES string of the molecule is Cc1ccc2[nH+]cn(C)c(=O)c2c1. The molecule has 13 heavy (non-hydrogen) atoms. The first kappa shape index (κ1) is 7.98. The van der Waals surface area contributed by atoms with Crippen LogP contribution in [0.4, 0.5) is 0 Å². The Hall–Kier alpha value is -1.64. The molecular formula is C10H11N2O+. The summed E-state index contributed by atoms with van der Waals surface area (Å²) >= 11 is 0. The second kappa shape index (κ2) is 2.69. The van der Waals surface area contributed by atoms with Gasteiger partial charge in [0.05, 0.1) is 7.05 Å². The van der Waals surface area contributed by atoms with E-state index in [1.807, 2.05) is 25.1 Å². The predicted molar refractivity (Wildman–Crippen MR) is 50.5 cm³/mol. The fourth-order valence-electron chi connectivity index (χ4n) is 1.38. The number of benzene rings is 1. The number of nitrogens with one attached hydrogen (secondary N) is 1. The molecule has 1 N–H and O–H groups in total. The molecule has 1 heterocycles. The summed E-state index contributed by atoms with van der Waals surface area (Å²) in [6, 6.07) is 5.80. The minimum Gasteiger partial charge on any atom is -0.246 e. The van der Waals surface area contributed by atoms with Crippen molar-refractivity contribution >= 4 is 10.9 Å². The zero-order valence-corrected chi connectivity index (χ0v) is 7.66. The van der Waals surface area contributed by atoms with E-state index in [1.165, 1.54) is 0 Å². The number of nitrogens with zero attached hydrogens (tertiary/aromatic N) is 1. The van der Waals surface area contributed by atoms with Gasteiger partial charge < -0.3 is 0 Å². The highest BCUT2D eigenvalue weighted by Crippen LogP contribution is 2.05. The lowest BCUT2D eigenvalue weighted by Gasteiger charge is -1.95. The Bertz CT molecular complexity index is 509. The number of rotatable bonds is 0. The van der Waals surface area contributed by atoms with E-state index < -0.39 is 0 Å². The molecule has 0 unspecified atom stereocenters. The summed E-state index contributed by atoms with van der Waals surface area (Å²) in [6.45, 7) is 1.98. The van der Waals surface area contributed by atoms with Crippen LogP contribution in [0.25, 0.3) is 10.9 Å². The third-order valence-electron chi connectivity index (χ3n) is 2.14. The van der Waals surface area contributed by atoms with E-state index in [0.717, 1.165) is 16.5 Å². The number of fused-ring (bicyclic) bond motifs is 1. The lowest BCUT2D eigenvalue weighted by atomic mass is 10.2. The van der Waals surface area contributed by atoms with Crippen molar-refractivity contribution in [2.45, 2.75) is 6.92 Å². The molecule has 0 aliphatic carbocycles. The van der Waals surface area contributed by atoms with E-state index in [2.05, 4.69) is 4.98 Å². The first-order chi connectivity index (χ1) is 6.18. The Morgan fingerprint density at radius 2 is 2.15 bits per heavy atom. The summed E-state index contributed by atoms with van der Waals surface area (Å²) in [4.78, 5) is 14.7. The molecule has 0 amide bonds. The van der Waals surface area contributed by atoms with Gasteiger partial charge in [0.1, 0.15) is 10.9 Å². The maximum atomic E-state index is 11.6. The Labute approximate surface area is 75.7 Å². The van der Waals surface area contributed by atoms with Gasteiger partial charge in [-0.3, -0.25) is 0 Å². The van der Waals surface area contributed by atoms with E-state index in [-0.39, 0.29) is 5.56 Å². The fourth-order valence-corrected chi connectivity index (χ4v) is 1.38. The van der Waals surface area contributed by atoms with Gasteiger partial charge in [-0.25, -0.2) is 14.3 Å². The van der Waals surface area contributed by atoms with Crippen molar-refractivity contribution < 1.29 is 4.98 Å². The van der Waals surface area contributed by atoms with Crippen LogP contribution in [0.15, 0.2) is 29.3 Å². The minimum absolute atomic E-state index is 0.0393. The molecular weight excluding hydrogens is 164 g/mol. The molecule has 0 aliphatic heterocycles. The average Bonchev–Trinajstić information content (AvgIpc) is 2.12. The molecule has 3 nitrogen and oxygen atoms in total. The molecule has 0 saturated heterocycles. The summed E-state index contributed by atoms with van der Waals surface area (Å²) in [5, 5.41) is 0.741. The van der Waals surface area contributed by atoms with Crippen LogP contribution in [0.1, 0.15) is 5.56 Å². The molecule has 1 aromatic carbocycles. The smallest absolute Gasteiger partial charge is 0.246 e. The lowest BCUT2D eigenvalue weighted by Crippen LogP contribution is -2.23. The third-order valence-corrected chi connectivity index (χ3v) is 2.14. The van der Waals surface area contributed by atoms with Gasteiger partial charge in [0.15, 0.2) is 0 Å². The molecule has 3 heteroatoms. The molecule has 0 saturated carbocycles. The van der Waals surface area contributed by atoms with Crippen molar-refractivity contribution in [3.8, 4) is 0 Å². The number of H-pyrrole nitrogens is 1. The first-order valence-electron chi connectivity index (χ1n) is 4.16. The summed E-state index contributed by atoms with van der Waals surface area (Å²) in [5.41, 5.74) is 2.02. The molecule has 2 aromatic rings. The zero-order valence-electron chi connectivity index (χ0n) is 7.66. The average molecular weight is 175 g/mol. The largest absolute Gasteiger partial charge is 0.344 e. The minimum atomic E-state index is 0.0393. The summed E-state index contributed by atoms with van der Waals surface area (Å²) in [7, 11) is 1.74. The second-order valence-corrected chi connectivity index (χ2v) is 3.24. The van der Waals surface area contributed by atoms with Gasteiger partial charge in [-0.05, 0) is 24.6 Å². The van der Waals surface area contributed by atoms with Crippen LogP contribution in [0.5, 0.6) is 0 Å². The monoisotopic (exact) mass is 175 g/mol. The number of aromatic amines is 1. The van der Waals surface area contributed by atoms with Crippen LogP contribution < -0.4 is 10.5 Å². The van der Waals surface area contributed by atoms with Crippen LogP contribution in [-0.2, 0) is 7.05 Å². The van der Waals surface area contributed by atoms with Crippen LogP contribution >= 0.6 is 0 Å². The fraction of sp³-hybridized carbons (Fsp3) is 0.200. The molecule has 1 aromatic heterocycles. The Balaban J connectivity index is 2.97. The van der Waals surface area contributed by atoms with E-state index in [0.29, 0.717) is 0 Å². The van der Waals surface area contributed by atoms with Crippen molar-refractivity contribution in [1.82, 2.24) is 4.57 Å². The van der Waals surface area contributed by atoms with E-state index in [9.17, 15) is 4.79 Å². The highest BCUT2D eigenvalue weighted by atomic mass is 16.1. The van der Waals surface area contributed by atoms with Crippen molar-refractivity contribution in [1.29, 1.82) is 0 Å². The predicted octanol–water partition coefficient (Wildman–Crippen LogP) is 0.661. The van der Waals surface area contributed by atoms with Gasteiger partial charge in [-0.2, -0.15) is 0 Å². The molecule has 66 valence electrons. The Kier molecular flexibility index (Phi) is 1.65. The Morgan fingerprint density at radius 3 is 2.92 bits per heavy atom. The number of hydrogen-bond acceptors (Lipinski definition) is 1. The molecule has 0 fully saturated rings. The summed E-state index contributed by atoms with van der Waals surface area (Å²) < 4.78 is 1.54. The summed E-state index contributed by atoms with van der Waals surface area (Å²) in [6.07, 6.45) is 1.67. The van der Waals surface area contributed by atoms with Crippen LogP contribution in [0, 0.1) is 6.92 Å². The van der Waals surface area contributed by atoms with Crippen molar-refractivity contribution in [3.63, 3.8) is 0 Å². The van der Waals surface area contributed by atoms with E-state index in [1.54, 1.807) is 17.9 Å². The number of aromatic nitrogens is 2. The van der Waals surface area contributed by atoms with Crippen LogP contribution in [-0.4, -0.2) is 4.57 Å².